The molecule has 0 unspecified atom stereocenters. The SMILES string of the molecule is CCN(CCCN(C)C)c1ccc(C(C)=O)c(Cl)c1. The standard InChI is InChI=1S/C15H23ClN2O/c1-5-18(10-6-9-17(3)4)13-7-8-14(12(2)19)15(16)11-13/h7-8,11H,5-6,9-10H2,1-4H3. The van der Waals surface area contributed by atoms with Gasteiger partial charge in [0, 0.05) is 24.3 Å². The van der Waals surface area contributed by atoms with Crippen molar-refractivity contribution in [2.24, 2.45) is 0 Å². The van der Waals surface area contributed by atoms with Crippen LogP contribution in [0.4, 0.5) is 5.69 Å². The first-order chi connectivity index (χ1) is 8.95. The lowest BCUT2D eigenvalue weighted by molar-refractivity contribution is 0.101. The number of carbonyl (C=O) groups excluding carboxylic acids is 1. The molecule has 0 spiro atoms. The van der Waals surface area contributed by atoms with Crippen molar-refractivity contribution >= 4 is 23.1 Å². The Morgan fingerprint density at radius 3 is 2.42 bits per heavy atom. The Bertz CT molecular complexity index is 432. The minimum absolute atomic E-state index is 0.00667. The van der Waals surface area contributed by atoms with Gasteiger partial charge in [0.1, 0.15) is 0 Å². The summed E-state index contributed by atoms with van der Waals surface area (Å²) in [5.41, 5.74) is 1.67. The summed E-state index contributed by atoms with van der Waals surface area (Å²) in [7, 11) is 4.16. The van der Waals surface area contributed by atoms with E-state index in [9.17, 15) is 4.79 Å². The molecule has 3 nitrogen and oxygen atoms in total. The Morgan fingerprint density at radius 1 is 1.26 bits per heavy atom. The Labute approximate surface area is 121 Å². The third-order valence-electron chi connectivity index (χ3n) is 3.11. The van der Waals surface area contributed by atoms with E-state index >= 15 is 0 Å². The fourth-order valence-corrected chi connectivity index (χ4v) is 2.34. The summed E-state index contributed by atoms with van der Waals surface area (Å²) in [4.78, 5) is 15.8. The highest BCUT2D eigenvalue weighted by atomic mass is 35.5. The summed E-state index contributed by atoms with van der Waals surface area (Å²) in [6, 6.07) is 5.67. The normalized spacial score (nSPS) is 10.8. The molecule has 1 rings (SSSR count). The maximum atomic E-state index is 11.4. The first-order valence-electron chi connectivity index (χ1n) is 6.65. The molecule has 1 aromatic rings. The van der Waals surface area contributed by atoms with Gasteiger partial charge in [0.05, 0.1) is 5.02 Å². The maximum absolute atomic E-state index is 11.4. The van der Waals surface area contributed by atoms with Crippen LogP contribution in [0.2, 0.25) is 5.02 Å². The number of halogens is 1. The summed E-state index contributed by atoms with van der Waals surface area (Å²) in [5, 5.41) is 0.538. The summed E-state index contributed by atoms with van der Waals surface area (Å²) in [6.07, 6.45) is 1.10. The molecule has 0 fully saturated rings. The average molecular weight is 283 g/mol. The Hall–Kier alpha value is -1.06. The lowest BCUT2D eigenvalue weighted by atomic mass is 10.1. The number of hydrogen-bond donors (Lipinski definition) is 0. The number of carbonyl (C=O) groups is 1. The molecule has 0 heterocycles. The van der Waals surface area contributed by atoms with Crippen LogP contribution >= 0.6 is 11.6 Å². The molecule has 0 radical (unpaired) electrons. The minimum Gasteiger partial charge on any atom is -0.372 e. The van der Waals surface area contributed by atoms with Gasteiger partial charge in [-0.15, -0.1) is 0 Å². The van der Waals surface area contributed by atoms with E-state index in [1.54, 1.807) is 0 Å². The van der Waals surface area contributed by atoms with Crippen molar-refractivity contribution in [1.82, 2.24) is 4.90 Å². The van der Waals surface area contributed by atoms with E-state index in [2.05, 4.69) is 30.8 Å². The largest absolute Gasteiger partial charge is 0.372 e. The van der Waals surface area contributed by atoms with E-state index in [-0.39, 0.29) is 5.78 Å². The van der Waals surface area contributed by atoms with Gasteiger partial charge in [-0.1, -0.05) is 11.6 Å². The molecular weight excluding hydrogens is 260 g/mol. The smallest absolute Gasteiger partial charge is 0.161 e. The topological polar surface area (TPSA) is 23.6 Å². The number of Topliss-reactive ketones (excluding diaryl/α,β-unsaturated/α-hetero) is 1. The zero-order valence-corrected chi connectivity index (χ0v) is 13.0. The third kappa shape index (κ3) is 4.84. The predicted octanol–water partition coefficient (Wildman–Crippen LogP) is 3.32. The van der Waals surface area contributed by atoms with Gasteiger partial charge >= 0.3 is 0 Å². The highest BCUT2D eigenvalue weighted by molar-refractivity contribution is 6.34. The van der Waals surface area contributed by atoms with Gasteiger partial charge in [0.25, 0.3) is 0 Å². The molecule has 0 bridgehead atoms. The number of nitrogens with zero attached hydrogens (tertiary/aromatic N) is 2. The van der Waals surface area contributed by atoms with Crippen LogP contribution in [0.15, 0.2) is 18.2 Å². The molecule has 19 heavy (non-hydrogen) atoms. The monoisotopic (exact) mass is 282 g/mol. The molecule has 106 valence electrons. The van der Waals surface area contributed by atoms with Gasteiger partial charge in [-0.3, -0.25) is 4.79 Å². The van der Waals surface area contributed by atoms with E-state index < -0.39 is 0 Å². The zero-order chi connectivity index (χ0) is 14.4. The van der Waals surface area contributed by atoms with E-state index in [4.69, 9.17) is 11.6 Å². The highest BCUT2D eigenvalue weighted by Crippen LogP contribution is 2.24. The van der Waals surface area contributed by atoms with Crippen molar-refractivity contribution in [2.45, 2.75) is 20.3 Å². The molecule has 0 N–H and O–H groups in total. The van der Waals surface area contributed by atoms with Crippen LogP contribution in [-0.2, 0) is 0 Å². The molecule has 0 amide bonds. The molecule has 0 atom stereocenters. The number of anilines is 1. The molecule has 1 aromatic carbocycles. The molecule has 0 aliphatic heterocycles. The van der Waals surface area contributed by atoms with Gasteiger partial charge in [-0.05, 0) is 59.1 Å². The van der Waals surface area contributed by atoms with Crippen LogP contribution in [0.1, 0.15) is 30.6 Å². The van der Waals surface area contributed by atoms with Crippen molar-refractivity contribution in [3.05, 3.63) is 28.8 Å². The molecule has 0 aromatic heterocycles. The Kier molecular flexibility index (Phi) is 6.32. The summed E-state index contributed by atoms with van der Waals surface area (Å²) >= 11 is 6.15. The van der Waals surface area contributed by atoms with Gasteiger partial charge in [0.15, 0.2) is 5.78 Å². The van der Waals surface area contributed by atoms with Gasteiger partial charge in [0.2, 0.25) is 0 Å². The van der Waals surface area contributed by atoms with E-state index in [1.165, 1.54) is 6.92 Å². The molecule has 0 saturated heterocycles. The second-order valence-corrected chi connectivity index (χ2v) is 5.36. The first-order valence-corrected chi connectivity index (χ1v) is 7.03. The number of ketones is 1. The Balaban J connectivity index is 2.76. The molecule has 0 aliphatic rings. The van der Waals surface area contributed by atoms with Crippen molar-refractivity contribution in [3.63, 3.8) is 0 Å². The lowest BCUT2D eigenvalue weighted by Gasteiger charge is -2.24. The minimum atomic E-state index is 0.00667. The molecule has 4 heteroatoms. The van der Waals surface area contributed by atoms with Crippen LogP contribution in [0.25, 0.3) is 0 Å². The maximum Gasteiger partial charge on any atom is 0.161 e. The molecule has 0 aliphatic carbocycles. The average Bonchev–Trinajstić information content (AvgIpc) is 2.33. The van der Waals surface area contributed by atoms with Gasteiger partial charge in [-0.25, -0.2) is 0 Å². The summed E-state index contributed by atoms with van der Waals surface area (Å²) in [6.45, 7) is 6.65. The van der Waals surface area contributed by atoms with Crippen molar-refractivity contribution < 1.29 is 4.79 Å². The van der Waals surface area contributed by atoms with Crippen LogP contribution in [-0.4, -0.2) is 44.4 Å². The number of hydrogen-bond acceptors (Lipinski definition) is 3. The van der Waals surface area contributed by atoms with Crippen molar-refractivity contribution in [2.75, 3.05) is 38.6 Å². The highest BCUT2D eigenvalue weighted by Gasteiger charge is 2.10. The number of rotatable bonds is 7. The van der Waals surface area contributed by atoms with Crippen LogP contribution in [0.5, 0.6) is 0 Å². The molecule has 0 saturated carbocycles. The Morgan fingerprint density at radius 2 is 1.95 bits per heavy atom. The van der Waals surface area contributed by atoms with Crippen LogP contribution in [0.3, 0.4) is 0 Å². The van der Waals surface area contributed by atoms with Gasteiger partial charge in [-0.2, -0.15) is 0 Å². The van der Waals surface area contributed by atoms with E-state index in [0.29, 0.717) is 10.6 Å². The fourth-order valence-electron chi connectivity index (χ4n) is 2.03. The van der Waals surface area contributed by atoms with Crippen LogP contribution in [0, 0.1) is 0 Å². The van der Waals surface area contributed by atoms with E-state index in [1.807, 2.05) is 18.2 Å². The second kappa shape index (κ2) is 7.51. The zero-order valence-electron chi connectivity index (χ0n) is 12.2. The molecular formula is C15H23ClN2O. The fraction of sp³-hybridized carbons (Fsp3) is 0.533. The summed E-state index contributed by atoms with van der Waals surface area (Å²) < 4.78 is 0. The van der Waals surface area contributed by atoms with Gasteiger partial charge < -0.3 is 9.80 Å². The lowest BCUT2D eigenvalue weighted by Crippen LogP contribution is -2.27. The first kappa shape index (κ1) is 16.0. The second-order valence-electron chi connectivity index (χ2n) is 4.96. The number of benzene rings is 1. The van der Waals surface area contributed by atoms with Crippen molar-refractivity contribution in [1.29, 1.82) is 0 Å². The predicted molar refractivity (Wildman–Crippen MR) is 82.5 cm³/mol. The van der Waals surface area contributed by atoms with E-state index in [0.717, 1.165) is 31.7 Å². The summed E-state index contributed by atoms with van der Waals surface area (Å²) in [5.74, 6) is 0.00667. The van der Waals surface area contributed by atoms with Crippen molar-refractivity contribution in [3.8, 4) is 0 Å². The van der Waals surface area contributed by atoms with Crippen LogP contribution < -0.4 is 4.90 Å². The third-order valence-corrected chi connectivity index (χ3v) is 3.42. The quantitative estimate of drug-likeness (QED) is 0.717.